The topological polar surface area (TPSA) is 63.7 Å². The van der Waals surface area contributed by atoms with Gasteiger partial charge in [0, 0.05) is 36.4 Å². The summed E-state index contributed by atoms with van der Waals surface area (Å²) in [5.74, 6) is 0.0405. The van der Waals surface area contributed by atoms with Crippen LogP contribution >= 0.6 is 0 Å². The summed E-state index contributed by atoms with van der Waals surface area (Å²) in [6, 6.07) is -0.0410. The van der Waals surface area contributed by atoms with E-state index >= 15 is 0 Å². The molecule has 0 spiro atoms. The van der Waals surface area contributed by atoms with E-state index in [-0.39, 0.29) is 53.5 Å². The molecule has 1 saturated carbocycles. The average Bonchev–Trinajstić information content (AvgIpc) is 3.02. The predicted molar refractivity (Wildman–Crippen MR) is 73.0 cm³/mol. The number of hydrogen-bond acceptors (Lipinski definition) is 4. The van der Waals surface area contributed by atoms with Gasteiger partial charge in [0.1, 0.15) is 6.10 Å². The lowest BCUT2D eigenvalue weighted by Gasteiger charge is -2.46. The SMILES string of the molecule is CC[C@H]1[C@H]2OC(=O)C[C@H]2[C@@H]2CCN3C(=O)C=CC(=O)[C@H]1[C@H]23. The van der Waals surface area contributed by atoms with Crippen molar-refractivity contribution < 1.29 is 19.1 Å². The summed E-state index contributed by atoms with van der Waals surface area (Å²) in [4.78, 5) is 38.4. The molecule has 0 N–H and O–H groups in total. The van der Waals surface area contributed by atoms with Gasteiger partial charge >= 0.3 is 5.97 Å². The van der Waals surface area contributed by atoms with Gasteiger partial charge in [-0.05, 0) is 24.8 Å². The van der Waals surface area contributed by atoms with Gasteiger partial charge in [0.15, 0.2) is 5.78 Å². The van der Waals surface area contributed by atoms with Gasteiger partial charge in [-0.1, -0.05) is 6.92 Å². The Bertz CT molecular complexity index is 554. The van der Waals surface area contributed by atoms with Gasteiger partial charge in [-0.2, -0.15) is 0 Å². The summed E-state index contributed by atoms with van der Waals surface area (Å²) >= 11 is 0. The minimum atomic E-state index is -0.211. The number of allylic oxidation sites excluding steroid dienone is 1. The van der Waals surface area contributed by atoms with Crippen molar-refractivity contribution in [2.45, 2.75) is 38.3 Å². The molecule has 21 heavy (non-hydrogen) atoms. The van der Waals surface area contributed by atoms with E-state index in [1.54, 1.807) is 0 Å². The van der Waals surface area contributed by atoms with Gasteiger partial charge in [0.25, 0.3) is 0 Å². The highest BCUT2D eigenvalue weighted by Crippen LogP contribution is 2.52. The fraction of sp³-hybridized carbons (Fsp3) is 0.688. The molecule has 2 saturated heterocycles. The molecule has 5 heteroatoms. The molecule has 0 unspecified atom stereocenters. The minimum absolute atomic E-state index is 0.0241. The van der Waals surface area contributed by atoms with Crippen molar-refractivity contribution in [2.24, 2.45) is 23.7 Å². The standard InChI is InChI=1S/C16H19NO4/c1-2-8-14-11(18)3-4-12(19)17-6-5-9(15(14)17)10-7-13(20)21-16(8)10/h3-4,8-10,14-16H,2,5-7H2,1H3/t8-,9+,10+,14+,15+,16-/m1/s1. The number of hydrogen-bond donors (Lipinski definition) is 0. The first-order valence-electron chi connectivity index (χ1n) is 7.83. The maximum absolute atomic E-state index is 12.5. The maximum Gasteiger partial charge on any atom is 0.306 e. The molecular weight excluding hydrogens is 270 g/mol. The normalized spacial score (nSPS) is 44.4. The van der Waals surface area contributed by atoms with Crippen LogP contribution in [0.2, 0.25) is 0 Å². The second-order valence-electron chi connectivity index (χ2n) is 6.63. The van der Waals surface area contributed by atoms with Crippen LogP contribution in [0.15, 0.2) is 12.2 Å². The molecule has 3 heterocycles. The Morgan fingerprint density at radius 3 is 2.81 bits per heavy atom. The Balaban J connectivity index is 1.81. The Morgan fingerprint density at radius 1 is 1.24 bits per heavy atom. The van der Waals surface area contributed by atoms with Crippen LogP contribution in [-0.2, 0) is 19.1 Å². The van der Waals surface area contributed by atoms with E-state index in [4.69, 9.17) is 4.74 Å². The lowest BCUT2D eigenvalue weighted by atomic mass is 9.62. The lowest BCUT2D eigenvalue weighted by molar-refractivity contribution is -0.151. The van der Waals surface area contributed by atoms with Crippen LogP contribution in [0, 0.1) is 23.7 Å². The Hall–Kier alpha value is -1.65. The largest absolute Gasteiger partial charge is 0.462 e. The highest BCUT2D eigenvalue weighted by molar-refractivity contribution is 6.02. The molecule has 6 atom stereocenters. The highest BCUT2D eigenvalue weighted by atomic mass is 16.6. The third-order valence-electron chi connectivity index (χ3n) is 5.87. The fourth-order valence-electron chi connectivity index (χ4n) is 5.10. The van der Waals surface area contributed by atoms with Gasteiger partial charge in [-0.15, -0.1) is 0 Å². The molecule has 0 bridgehead atoms. The molecule has 3 fully saturated rings. The molecule has 112 valence electrons. The molecule has 0 aromatic rings. The van der Waals surface area contributed by atoms with Crippen LogP contribution in [0.4, 0.5) is 0 Å². The van der Waals surface area contributed by atoms with Crippen molar-refractivity contribution in [1.82, 2.24) is 4.90 Å². The van der Waals surface area contributed by atoms with Crippen molar-refractivity contribution >= 4 is 17.7 Å². The quantitative estimate of drug-likeness (QED) is 0.674. The third-order valence-corrected chi connectivity index (χ3v) is 5.87. The number of esters is 1. The number of rotatable bonds is 1. The van der Waals surface area contributed by atoms with Crippen molar-refractivity contribution in [2.75, 3.05) is 6.54 Å². The summed E-state index contributed by atoms with van der Waals surface area (Å²) in [5, 5.41) is 0. The molecule has 4 aliphatic rings. The van der Waals surface area contributed by atoms with Crippen molar-refractivity contribution in [3.8, 4) is 0 Å². The second-order valence-corrected chi connectivity index (χ2v) is 6.63. The summed E-state index contributed by atoms with van der Waals surface area (Å²) in [5.41, 5.74) is 0. The molecule has 4 rings (SSSR count). The van der Waals surface area contributed by atoms with Crippen LogP contribution in [-0.4, -0.2) is 41.3 Å². The number of carbonyl (C=O) groups is 3. The zero-order chi connectivity index (χ0) is 14.7. The van der Waals surface area contributed by atoms with E-state index < -0.39 is 0 Å². The van der Waals surface area contributed by atoms with Crippen molar-refractivity contribution in [3.05, 3.63) is 12.2 Å². The Morgan fingerprint density at radius 2 is 2.05 bits per heavy atom. The fourth-order valence-corrected chi connectivity index (χ4v) is 5.10. The number of ether oxygens (including phenoxy) is 1. The summed E-state index contributed by atoms with van der Waals surface area (Å²) in [6.45, 7) is 2.73. The first-order chi connectivity index (χ1) is 10.1. The number of nitrogens with zero attached hydrogens (tertiary/aromatic N) is 1. The van der Waals surface area contributed by atoms with Crippen LogP contribution in [0.1, 0.15) is 26.2 Å². The number of carbonyl (C=O) groups excluding carboxylic acids is 3. The molecule has 0 aromatic heterocycles. The highest BCUT2D eigenvalue weighted by Gasteiger charge is 2.60. The minimum Gasteiger partial charge on any atom is -0.462 e. The summed E-state index contributed by atoms with van der Waals surface area (Å²) in [6.07, 6.45) is 4.82. The van der Waals surface area contributed by atoms with Gasteiger partial charge < -0.3 is 9.64 Å². The average molecular weight is 289 g/mol. The van der Waals surface area contributed by atoms with E-state index in [0.29, 0.717) is 13.0 Å². The van der Waals surface area contributed by atoms with Gasteiger partial charge in [0.05, 0.1) is 6.42 Å². The van der Waals surface area contributed by atoms with Crippen molar-refractivity contribution in [1.29, 1.82) is 0 Å². The zero-order valence-electron chi connectivity index (χ0n) is 12.0. The van der Waals surface area contributed by atoms with Gasteiger partial charge in [-0.3, -0.25) is 14.4 Å². The van der Waals surface area contributed by atoms with E-state index in [1.165, 1.54) is 12.2 Å². The van der Waals surface area contributed by atoms with E-state index in [9.17, 15) is 14.4 Å². The van der Waals surface area contributed by atoms with Gasteiger partial charge in [0.2, 0.25) is 5.91 Å². The summed E-state index contributed by atoms with van der Waals surface area (Å²) in [7, 11) is 0. The molecule has 0 aromatic carbocycles. The van der Waals surface area contributed by atoms with Gasteiger partial charge in [-0.25, -0.2) is 0 Å². The molecule has 3 aliphatic heterocycles. The number of fused-ring (bicyclic) bond motifs is 2. The molecule has 0 radical (unpaired) electrons. The Labute approximate surface area is 123 Å². The number of amides is 1. The van der Waals surface area contributed by atoms with Crippen LogP contribution in [0.25, 0.3) is 0 Å². The monoisotopic (exact) mass is 289 g/mol. The van der Waals surface area contributed by atoms with E-state index in [2.05, 4.69) is 0 Å². The van der Waals surface area contributed by atoms with Crippen LogP contribution in [0.5, 0.6) is 0 Å². The second kappa shape index (κ2) is 4.42. The maximum atomic E-state index is 12.5. The van der Waals surface area contributed by atoms with E-state index in [1.807, 2.05) is 11.8 Å². The smallest absolute Gasteiger partial charge is 0.306 e. The van der Waals surface area contributed by atoms with Crippen LogP contribution < -0.4 is 0 Å². The van der Waals surface area contributed by atoms with Crippen molar-refractivity contribution in [3.63, 3.8) is 0 Å². The molecule has 1 amide bonds. The zero-order valence-corrected chi connectivity index (χ0v) is 12.0. The summed E-state index contributed by atoms with van der Waals surface area (Å²) < 4.78 is 5.57. The molecule has 1 aliphatic carbocycles. The lowest BCUT2D eigenvalue weighted by Crippen LogP contribution is -2.55. The molecular formula is C16H19NO4. The first kappa shape index (κ1) is 13.0. The third kappa shape index (κ3) is 1.66. The van der Waals surface area contributed by atoms with Crippen LogP contribution in [0.3, 0.4) is 0 Å². The number of ketones is 1. The molecule has 5 nitrogen and oxygen atoms in total. The van der Waals surface area contributed by atoms with E-state index in [0.717, 1.165) is 12.8 Å². The predicted octanol–water partition coefficient (Wildman–Crippen LogP) is 0.930. The Kier molecular flexibility index (Phi) is 2.75. The first-order valence-corrected chi connectivity index (χ1v) is 7.83.